The summed E-state index contributed by atoms with van der Waals surface area (Å²) in [5.74, 6) is 0.592. The van der Waals surface area contributed by atoms with Crippen molar-refractivity contribution in [3.63, 3.8) is 0 Å². The summed E-state index contributed by atoms with van der Waals surface area (Å²) >= 11 is 0. The third-order valence-electron chi connectivity index (χ3n) is 5.01. The molecule has 0 heterocycles. The number of hydrogen-bond donors (Lipinski definition) is 0. The molecule has 0 aromatic heterocycles. The molecule has 0 N–H and O–H groups in total. The van der Waals surface area contributed by atoms with E-state index in [1.54, 1.807) is 6.92 Å². The summed E-state index contributed by atoms with van der Waals surface area (Å²) in [6.45, 7) is 6.50. The molecule has 0 saturated carbocycles. The minimum Gasteiger partial charge on any atom is -0.494 e. The predicted octanol–water partition coefficient (Wildman–Crippen LogP) is 8.11. The van der Waals surface area contributed by atoms with Crippen LogP contribution in [-0.4, -0.2) is 19.2 Å². The molecule has 0 saturated heterocycles. The van der Waals surface area contributed by atoms with Crippen LogP contribution in [0.15, 0.2) is 77.0 Å². The molecular formula is C27H36N2O3. The largest absolute Gasteiger partial charge is 0.494 e. The van der Waals surface area contributed by atoms with Crippen LogP contribution in [0.3, 0.4) is 0 Å². The quantitative estimate of drug-likeness (QED) is 0.115. The highest BCUT2D eigenvalue weighted by Gasteiger charge is 2.02. The van der Waals surface area contributed by atoms with Gasteiger partial charge in [-0.1, -0.05) is 69.7 Å². The maximum absolute atomic E-state index is 11.3. The standard InChI is InChI=1S/C27H36N2O3/c1-23(2)27(30)32-22-14-9-7-5-3-4-6-8-13-21-31-26-19-17-25(18-20-26)29-28-24-15-11-10-12-16-24/h10-12,15-20H,1,3-9,13-14,21-22H2,2H3. The highest BCUT2D eigenvalue weighted by Crippen LogP contribution is 2.21. The molecule has 2 aromatic carbocycles. The molecule has 0 aliphatic carbocycles. The van der Waals surface area contributed by atoms with Crippen LogP contribution in [0.4, 0.5) is 11.4 Å². The van der Waals surface area contributed by atoms with Crippen LogP contribution < -0.4 is 4.74 Å². The van der Waals surface area contributed by atoms with E-state index < -0.39 is 0 Å². The smallest absolute Gasteiger partial charge is 0.333 e. The molecule has 0 unspecified atom stereocenters. The topological polar surface area (TPSA) is 60.2 Å². The van der Waals surface area contributed by atoms with Crippen LogP contribution in [-0.2, 0) is 9.53 Å². The van der Waals surface area contributed by atoms with E-state index >= 15 is 0 Å². The number of ether oxygens (including phenoxy) is 2. The number of rotatable bonds is 16. The zero-order chi connectivity index (χ0) is 22.9. The summed E-state index contributed by atoms with van der Waals surface area (Å²) in [5, 5.41) is 8.46. The third-order valence-corrected chi connectivity index (χ3v) is 5.01. The van der Waals surface area contributed by atoms with E-state index in [-0.39, 0.29) is 5.97 Å². The zero-order valence-corrected chi connectivity index (χ0v) is 19.3. The highest BCUT2D eigenvalue weighted by atomic mass is 16.5. The molecule has 5 heteroatoms. The second-order valence-corrected chi connectivity index (χ2v) is 7.98. The lowest BCUT2D eigenvalue weighted by atomic mass is 10.1. The molecule has 0 spiro atoms. The first kappa shape index (κ1) is 25.3. The number of hydrogen-bond acceptors (Lipinski definition) is 5. The van der Waals surface area contributed by atoms with Gasteiger partial charge in [-0.3, -0.25) is 0 Å². The first-order valence-electron chi connectivity index (χ1n) is 11.7. The summed E-state index contributed by atoms with van der Waals surface area (Å²) in [6.07, 6.45) is 10.6. The Morgan fingerprint density at radius 2 is 1.22 bits per heavy atom. The Hall–Kier alpha value is -2.95. The van der Waals surface area contributed by atoms with Gasteiger partial charge in [-0.05, 0) is 56.2 Å². The Bertz CT molecular complexity index is 817. The molecule has 0 radical (unpaired) electrons. The van der Waals surface area contributed by atoms with Crippen molar-refractivity contribution in [1.29, 1.82) is 0 Å². The zero-order valence-electron chi connectivity index (χ0n) is 19.3. The lowest BCUT2D eigenvalue weighted by Gasteiger charge is -2.06. The van der Waals surface area contributed by atoms with Gasteiger partial charge in [0.05, 0.1) is 24.6 Å². The number of nitrogens with zero attached hydrogens (tertiary/aromatic N) is 2. The summed E-state index contributed by atoms with van der Waals surface area (Å²) in [5.41, 5.74) is 2.12. The van der Waals surface area contributed by atoms with E-state index in [1.165, 1.54) is 38.5 Å². The van der Waals surface area contributed by atoms with Gasteiger partial charge in [0.2, 0.25) is 0 Å². The fourth-order valence-corrected chi connectivity index (χ4v) is 3.14. The van der Waals surface area contributed by atoms with Gasteiger partial charge in [0.25, 0.3) is 0 Å². The molecular weight excluding hydrogens is 400 g/mol. The normalized spacial score (nSPS) is 10.9. The van der Waals surface area contributed by atoms with Gasteiger partial charge < -0.3 is 9.47 Å². The average Bonchev–Trinajstić information content (AvgIpc) is 2.82. The van der Waals surface area contributed by atoms with Gasteiger partial charge in [-0.15, -0.1) is 0 Å². The van der Waals surface area contributed by atoms with E-state index in [0.29, 0.717) is 12.2 Å². The molecule has 0 amide bonds. The van der Waals surface area contributed by atoms with Gasteiger partial charge in [-0.2, -0.15) is 10.2 Å². The maximum atomic E-state index is 11.3. The Morgan fingerprint density at radius 1 is 0.719 bits per heavy atom. The van der Waals surface area contributed by atoms with Crippen molar-refractivity contribution in [2.24, 2.45) is 10.2 Å². The molecule has 172 valence electrons. The molecule has 2 rings (SSSR count). The monoisotopic (exact) mass is 436 g/mol. The highest BCUT2D eigenvalue weighted by molar-refractivity contribution is 5.86. The van der Waals surface area contributed by atoms with Crippen LogP contribution >= 0.6 is 0 Å². The minimum absolute atomic E-state index is 0.281. The molecule has 0 fully saturated rings. The first-order chi connectivity index (χ1) is 15.6. The summed E-state index contributed by atoms with van der Waals surface area (Å²) in [4.78, 5) is 11.3. The van der Waals surface area contributed by atoms with Crippen molar-refractivity contribution in [3.05, 3.63) is 66.7 Å². The Kier molecular flexibility index (Phi) is 12.5. The van der Waals surface area contributed by atoms with Gasteiger partial charge in [0, 0.05) is 5.57 Å². The first-order valence-corrected chi connectivity index (χ1v) is 11.7. The van der Waals surface area contributed by atoms with Crippen molar-refractivity contribution in [3.8, 4) is 5.75 Å². The number of esters is 1. The Balaban J connectivity index is 1.42. The van der Waals surface area contributed by atoms with Crippen molar-refractivity contribution >= 4 is 17.3 Å². The van der Waals surface area contributed by atoms with Crippen LogP contribution in [0.5, 0.6) is 5.75 Å². The van der Waals surface area contributed by atoms with E-state index in [4.69, 9.17) is 9.47 Å². The lowest BCUT2D eigenvalue weighted by Crippen LogP contribution is -2.05. The van der Waals surface area contributed by atoms with Crippen molar-refractivity contribution in [1.82, 2.24) is 0 Å². The number of carbonyl (C=O) groups is 1. The van der Waals surface area contributed by atoms with E-state index in [2.05, 4.69) is 16.8 Å². The Labute approximate surface area is 192 Å². The second-order valence-electron chi connectivity index (χ2n) is 7.98. The van der Waals surface area contributed by atoms with Crippen molar-refractivity contribution in [2.75, 3.05) is 13.2 Å². The molecule has 2 aromatic rings. The number of unbranched alkanes of at least 4 members (excludes halogenated alkanes) is 8. The van der Waals surface area contributed by atoms with Gasteiger partial charge >= 0.3 is 5.97 Å². The van der Waals surface area contributed by atoms with Gasteiger partial charge in [-0.25, -0.2) is 4.79 Å². The summed E-state index contributed by atoms with van der Waals surface area (Å²) < 4.78 is 10.9. The van der Waals surface area contributed by atoms with Crippen molar-refractivity contribution < 1.29 is 14.3 Å². The number of azo groups is 1. The third kappa shape index (κ3) is 11.4. The molecule has 0 aliphatic rings. The summed E-state index contributed by atoms with van der Waals surface area (Å²) in [6, 6.07) is 17.4. The van der Waals surface area contributed by atoms with E-state index in [9.17, 15) is 4.79 Å². The molecule has 32 heavy (non-hydrogen) atoms. The van der Waals surface area contributed by atoms with Gasteiger partial charge in [0.15, 0.2) is 0 Å². The lowest BCUT2D eigenvalue weighted by molar-refractivity contribution is -0.139. The van der Waals surface area contributed by atoms with E-state index in [1.807, 2.05) is 54.6 Å². The molecule has 5 nitrogen and oxygen atoms in total. The fraction of sp³-hybridized carbons (Fsp3) is 0.444. The molecule has 0 aliphatic heterocycles. The predicted molar refractivity (Wildman–Crippen MR) is 130 cm³/mol. The van der Waals surface area contributed by atoms with Crippen LogP contribution in [0, 0.1) is 0 Å². The average molecular weight is 437 g/mol. The minimum atomic E-state index is -0.281. The van der Waals surface area contributed by atoms with Crippen molar-refractivity contribution in [2.45, 2.75) is 64.7 Å². The van der Waals surface area contributed by atoms with Crippen LogP contribution in [0.2, 0.25) is 0 Å². The second kappa shape index (κ2) is 15.8. The SMILES string of the molecule is C=C(C)C(=O)OCCCCCCCCCCCOc1ccc(N=Nc2ccccc2)cc1. The van der Waals surface area contributed by atoms with Crippen LogP contribution in [0.25, 0.3) is 0 Å². The fourth-order valence-electron chi connectivity index (χ4n) is 3.14. The number of carbonyl (C=O) groups excluding carboxylic acids is 1. The van der Waals surface area contributed by atoms with Gasteiger partial charge in [0.1, 0.15) is 5.75 Å². The van der Waals surface area contributed by atoms with E-state index in [0.717, 1.165) is 43.0 Å². The Morgan fingerprint density at radius 3 is 1.78 bits per heavy atom. The summed E-state index contributed by atoms with van der Waals surface area (Å²) in [7, 11) is 0. The molecule has 0 bridgehead atoms. The maximum Gasteiger partial charge on any atom is 0.333 e. The number of benzene rings is 2. The molecule has 0 atom stereocenters. The van der Waals surface area contributed by atoms with Crippen LogP contribution in [0.1, 0.15) is 64.7 Å².